The lowest BCUT2D eigenvalue weighted by Crippen LogP contribution is -2.40. The lowest BCUT2D eigenvalue weighted by molar-refractivity contribution is -0.188. The highest BCUT2D eigenvalue weighted by Crippen LogP contribution is 2.44. The number of hydrogen-bond acceptors (Lipinski definition) is 5. The molecule has 1 aliphatic carbocycles. The molecule has 1 N–H and O–H groups in total. The minimum absolute atomic E-state index is 0.00896. The van der Waals surface area contributed by atoms with Crippen LogP contribution in [0.5, 0.6) is 0 Å². The second-order valence-electron chi connectivity index (χ2n) is 8.57. The van der Waals surface area contributed by atoms with E-state index in [0.29, 0.717) is 0 Å². The van der Waals surface area contributed by atoms with Crippen LogP contribution in [-0.4, -0.2) is 37.7 Å². The van der Waals surface area contributed by atoms with Crippen molar-refractivity contribution in [3.8, 4) is 11.1 Å². The Balaban J connectivity index is 1.32. The van der Waals surface area contributed by atoms with E-state index in [0.717, 1.165) is 27.8 Å². The molecule has 1 atom stereocenters. The van der Waals surface area contributed by atoms with Crippen molar-refractivity contribution in [3.63, 3.8) is 0 Å². The number of fused-ring (bicyclic) bond motifs is 3. The van der Waals surface area contributed by atoms with Crippen LogP contribution in [0.2, 0.25) is 0 Å². The molecule has 0 heterocycles. The van der Waals surface area contributed by atoms with Crippen molar-refractivity contribution in [2.24, 2.45) is 0 Å². The largest absolute Gasteiger partial charge is 0.461 e. The fourth-order valence-electron chi connectivity index (χ4n) is 4.22. The zero-order chi connectivity index (χ0) is 26.3. The SMILES string of the molecule is O=C(CCC(NC(=O)OCC1c2ccccc2-c2ccccc21)OCC(F)(F)F)OCc1ccccc1. The summed E-state index contributed by atoms with van der Waals surface area (Å²) in [5, 5.41) is 2.30. The number of carbonyl (C=O) groups is 2. The maximum atomic E-state index is 12.7. The molecule has 6 nitrogen and oxygen atoms in total. The Kier molecular flexibility index (Phi) is 8.45. The van der Waals surface area contributed by atoms with Gasteiger partial charge in [-0.3, -0.25) is 10.1 Å². The molecule has 0 bridgehead atoms. The molecule has 0 spiro atoms. The molecule has 0 aromatic heterocycles. The Morgan fingerprint density at radius 1 is 0.838 bits per heavy atom. The second kappa shape index (κ2) is 11.9. The molecule has 0 radical (unpaired) electrons. The van der Waals surface area contributed by atoms with Crippen molar-refractivity contribution in [1.29, 1.82) is 0 Å². The maximum Gasteiger partial charge on any atom is 0.411 e. The number of benzene rings is 3. The summed E-state index contributed by atoms with van der Waals surface area (Å²) in [4.78, 5) is 24.6. The van der Waals surface area contributed by atoms with Gasteiger partial charge in [0.05, 0.1) is 0 Å². The van der Waals surface area contributed by atoms with Gasteiger partial charge in [-0.1, -0.05) is 78.9 Å². The van der Waals surface area contributed by atoms with Gasteiger partial charge in [-0.2, -0.15) is 13.2 Å². The molecule has 0 fully saturated rings. The average Bonchev–Trinajstić information content (AvgIpc) is 3.21. The summed E-state index contributed by atoms with van der Waals surface area (Å²) < 4.78 is 53.6. The Bertz CT molecular complexity index is 1170. The van der Waals surface area contributed by atoms with Gasteiger partial charge in [0.1, 0.15) is 26.0 Å². The van der Waals surface area contributed by atoms with Gasteiger partial charge in [-0.15, -0.1) is 0 Å². The predicted molar refractivity (Wildman–Crippen MR) is 129 cm³/mol. The van der Waals surface area contributed by atoms with Crippen molar-refractivity contribution < 1.29 is 37.0 Å². The van der Waals surface area contributed by atoms with Gasteiger partial charge in [0.25, 0.3) is 0 Å². The van der Waals surface area contributed by atoms with E-state index in [4.69, 9.17) is 14.2 Å². The summed E-state index contributed by atoms with van der Waals surface area (Å²) in [7, 11) is 0. The third kappa shape index (κ3) is 7.33. The summed E-state index contributed by atoms with van der Waals surface area (Å²) in [5.41, 5.74) is 4.88. The molecule has 194 valence electrons. The lowest BCUT2D eigenvalue weighted by Gasteiger charge is -2.21. The van der Waals surface area contributed by atoms with Crippen LogP contribution in [0.1, 0.15) is 35.4 Å². The first-order chi connectivity index (χ1) is 17.8. The van der Waals surface area contributed by atoms with Crippen LogP contribution in [0.3, 0.4) is 0 Å². The number of rotatable bonds is 10. The zero-order valence-electron chi connectivity index (χ0n) is 19.9. The molecule has 3 aromatic carbocycles. The highest BCUT2D eigenvalue weighted by Gasteiger charge is 2.31. The first-order valence-electron chi connectivity index (χ1n) is 11.8. The number of alkyl carbamates (subject to hydrolysis) is 1. The van der Waals surface area contributed by atoms with Crippen molar-refractivity contribution in [2.45, 2.75) is 37.8 Å². The first kappa shape index (κ1) is 26.2. The molecular formula is C28H26F3NO5. The number of ether oxygens (including phenoxy) is 3. The van der Waals surface area contributed by atoms with Crippen LogP contribution in [-0.2, 0) is 25.6 Å². The first-order valence-corrected chi connectivity index (χ1v) is 11.8. The minimum Gasteiger partial charge on any atom is -0.461 e. The van der Waals surface area contributed by atoms with E-state index in [1.54, 1.807) is 24.3 Å². The highest BCUT2D eigenvalue weighted by atomic mass is 19.4. The Morgan fingerprint density at radius 2 is 1.43 bits per heavy atom. The van der Waals surface area contributed by atoms with Gasteiger partial charge in [0.15, 0.2) is 0 Å². The van der Waals surface area contributed by atoms with Crippen LogP contribution in [0.15, 0.2) is 78.9 Å². The second-order valence-corrected chi connectivity index (χ2v) is 8.57. The van der Waals surface area contributed by atoms with E-state index in [-0.39, 0.29) is 32.0 Å². The molecule has 4 rings (SSSR count). The molecule has 1 unspecified atom stereocenters. The van der Waals surface area contributed by atoms with E-state index < -0.39 is 31.1 Å². The van der Waals surface area contributed by atoms with Crippen LogP contribution < -0.4 is 5.32 Å². The molecule has 1 amide bonds. The van der Waals surface area contributed by atoms with Crippen molar-refractivity contribution in [1.82, 2.24) is 5.32 Å². The molecular weight excluding hydrogens is 487 g/mol. The van der Waals surface area contributed by atoms with Gasteiger partial charge >= 0.3 is 18.2 Å². The van der Waals surface area contributed by atoms with Crippen LogP contribution in [0, 0.1) is 0 Å². The molecule has 9 heteroatoms. The van der Waals surface area contributed by atoms with E-state index in [9.17, 15) is 22.8 Å². The van der Waals surface area contributed by atoms with Crippen molar-refractivity contribution in [3.05, 3.63) is 95.6 Å². The Labute approximate surface area is 212 Å². The molecule has 1 aliphatic rings. The molecule has 0 saturated carbocycles. The van der Waals surface area contributed by atoms with Crippen molar-refractivity contribution >= 4 is 12.1 Å². The standard InChI is InChI=1S/C28H26F3NO5/c29-28(30,31)18-37-25(14-15-26(33)35-16-19-8-2-1-3-9-19)32-27(34)36-17-24-22-12-6-4-10-20(22)21-11-5-7-13-23(21)24/h1-13,24-25H,14-18H2,(H,32,34). The Morgan fingerprint density at radius 3 is 2.05 bits per heavy atom. The molecule has 37 heavy (non-hydrogen) atoms. The van der Waals surface area contributed by atoms with Crippen LogP contribution >= 0.6 is 0 Å². The van der Waals surface area contributed by atoms with Gasteiger partial charge < -0.3 is 14.2 Å². The van der Waals surface area contributed by atoms with Crippen molar-refractivity contribution in [2.75, 3.05) is 13.2 Å². The average molecular weight is 514 g/mol. The number of amides is 1. The number of esters is 1. The number of halogens is 3. The summed E-state index contributed by atoms with van der Waals surface area (Å²) in [6.45, 7) is -1.56. The van der Waals surface area contributed by atoms with E-state index in [1.807, 2.05) is 54.6 Å². The zero-order valence-corrected chi connectivity index (χ0v) is 19.9. The quantitative estimate of drug-likeness (QED) is 0.268. The maximum absolute atomic E-state index is 12.7. The summed E-state index contributed by atoms with van der Waals surface area (Å²) in [5.74, 6) is -0.834. The molecule has 3 aromatic rings. The minimum atomic E-state index is -4.60. The monoisotopic (exact) mass is 513 g/mol. The molecule has 0 aliphatic heterocycles. The van der Waals surface area contributed by atoms with Crippen LogP contribution in [0.25, 0.3) is 11.1 Å². The third-order valence-corrected chi connectivity index (χ3v) is 5.92. The predicted octanol–water partition coefficient (Wildman–Crippen LogP) is 5.95. The van der Waals surface area contributed by atoms with Gasteiger partial charge in [-0.05, 0) is 27.8 Å². The summed E-state index contributed by atoms with van der Waals surface area (Å²) in [6, 6.07) is 24.5. The van der Waals surface area contributed by atoms with E-state index in [2.05, 4.69) is 5.32 Å². The van der Waals surface area contributed by atoms with Gasteiger partial charge in [0.2, 0.25) is 0 Å². The Hall–Kier alpha value is -3.85. The molecule has 0 saturated heterocycles. The van der Waals surface area contributed by atoms with E-state index in [1.165, 1.54) is 0 Å². The summed E-state index contributed by atoms with van der Waals surface area (Å²) in [6.07, 6.45) is -7.39. The number of alkyl halides is 3. The normalized spacial score (nSPS) is 13.4. The third-order valence-electron chi connectivity index (χ3n) is 5.92. The number of carbonyl (C=O) groups excluding carboxylic acids is 2. The number of hydrogen-bond donors (Lipinski definition) is 1. The van der Waals surface area contributed by atoms with E-state index >= 15 is 0 Å². The lowest BCUT2D eigenvalue weighted by atomic mass is 9.98. The summed E-state index contributed by atoms with van der Waals surface area (Å²) >= 11 is 0. The topological polar surface area (TPSA) is 73.9 Å². The van der Waals surface area contributed by atoms with Crippen LogP contribution in [0.4, 0.5) is 18.0 Å². The highest BCUT2D eigenvalue weighted by molar-refractivity contribution is 5.79. The number of nitrogens with one attached hydrogen (secondary N) is 1. The fourth-order valence-corrected chi connectivity index (χ4v) is 4.22. The fraction of sp³-hybridized carbons (Fsp3) is 0.286. The van der Waals surface area contributed by atoms with Gasteiger partial charge in [0, 0.05) is 18.8 Å². The van der Waals surface area contributed by atoms with Gasteiger partial charge in [-0.25, -0.2) is 4.79 Å². The smallest absolute Gasteiger partial charge is 0.411 e.